The number of halogens is 3. The molecule has 1 aromatic rings. The van der Waals surface area contributed by atoms with E-state index in [4.69, 9.17) is 11.0 Å². The average molecular weight is 258 g/mol. The van der Waals surface area contributed by atoms with E-state index < -0.39 is 12.6 Å². The molecule has 1 heterocycles. The second kappa shape index (κ2) is 6.10. The van der Waals surface area contributed by atoms with E-state index in [9.17, 15) is 13.2 Å². The SMILES string of the molecule is N#Cc1cnc(NCCCCC(F)(F)F)c(N)c1. The van der Waals surface area contributed by atoms with Crippen molar-refractivity contribution in [3.63, 3.8) is 0 Å². The third-order valence-corrected chi connectivity index (χ3v) is 2.23. The van der Waals surface area contributed by atoms with Crippen LogP contribution in [0.15, 0.2) is 12.3 Å². The van der Waals surface area contributed by atoms with Crippen molar-refractivity contribution in [3.8, 4) is 6.07 Å². The van der Waals surface area contributed by atoms with Gasteiger partial charge in [0.2, 0.25) is 0 Å². The second-order valence-electron chi connectivity index (χ2n) is 3.77. The van der Waals surface area contributed by atoms with Crippen LogP contribution in [0.25, 0.3) is 0 Å². The highest BCUT2D eigenvalue weighted by molar-refractivity contribution is 5.62. The molecule has 0 saturated heterocycles. The Balaban J connectivity index is 2.34. The van der Waals surface area contributed by atoms with Gasteiger partial charge >= 0.3 is 6.18 Å². The first kappa shape index (κ1) is 14.1. The largest absolute Gasteiger partial charge is 0.396 e. The lowest BCUT2D eigenvalue weighted by Crippen LogP contribution is -2.10. The molecule has 1 rings (SSSR count). The van der Waals surface area contributed by atoms with Crippen LogP contribution in [0.3, 0.4) is 0 Å². The molecule has 0 fully saturated rings. The molecule has 0 atom stereocenters. The molecule has 0 saturated carbocycles. The van der Waals surface area contributed by atoms with Crippen LogP contribution in [-0.4, -0.2) is 17.7 Å². The summed E-state index contributed by atoms with van der Waals surface area (Å²) in [4.78, 5) is 3.91. The summed E-state index contributed by atoms with van der Waals surface area (Å²) in [5.74, 6) is 0.390. The van der Waals surface area contributed by atoms with E-state index in [2.05, 4.69) is 10.3 Å². The Bertz CT molecular complexity index is 437. The van der Waals surface area contributed by atoms with E-state index in [1.54, 1.807) is 0 Å². The van der Waals surface area contributed by atoms with Gasteiger partial charge < -0.3 is 11.1 Å². The van der Waals surface area contributed by atoms with E-state index in [1.165, 1.54) is 12.3 Å². The fraction of sp³-hybridized carbons (Fsp3) is 0.455. The second-order valence-corrected chi connectivity index (χ2v) is 3.77. The van der Waals surface area contributed by atoms with Crippen molar-refractivity contribution in [3.05, 3.63) is 17.8 Å². The van der Waals surface area contributed by atoms with E-state index in [0.29, 0.717) is 30.0 Å². The summed E-state index contributed by atoms with van der Waals surface area (Å²) in [7, 11) is 0. The molecule has 0 aliphatic rings. The van der Waals surface area contributed by atoms with Crippen LogP contribution >= 0.6 is 0 Å². The van der Waals surface area contributed by atoms with Gasteiger partial charge in [0, 0.05) is 19.2 Å². The van der Waals surface area contributed by atoms with Crippen LogP contribution in [-0.2, 0) is 0 Å². The monoisotopic (exact) mass is 258 g/mol. The molecule has 1 aromatic heterocycles. The smallest absolute Gasteiger partial charge is 0.389 e. The molecule has 3 N–H and O–H groups in total. The maximum Gasteiger partial charge on any atom is 0.389 e. The quantitative estimate of drug-likeness (QED) is 0.796. The van der Waals surface area contributed by atoms with Crippen molar-refractivity contribution in [2.75, 3.05) is 17.6 Å². The van der Waals surface area contributed by atoms with E-state index >= 15 is 0 Å². The number of alkyl halides is 3. The highest BCUT2D eigenvalue weighted by atomic mass is 19.4. The molecule has 98 valence electrons. The van der Waals surface area contributed by atoms with Gasteiger partial charge in [0.15, 0.2) is 0 Å². The molecular weight excluding hydrogens is 245 g/mol. The Morgan fingerprint density at radius 1 is 1.39 bits per heavy atom. The summed E-state index contributed by atoms with van der Waals surface area (Å²) in [6, 6.07) is 3.36. The van der Waals surface area contributed by atoms with Crippen molar-refractivity contribution in [1.82, 2.24) is 4.98 Å². The zero-order chi connectivity index (χ0) is 13.6. The fourth-order valence-electron chi connectivity index (χ4n) is 1.35. The minimum absolute atomic E-state index is 0.0622. The topological polar surface area (TPSA) is 74.7 Å². The minimum Gasteiger partial charge on any atom is -0.396 e. The normalized spacial score (nSPS) is 11.0. The lowest BCUT2D eigenvalue weighted by atomic mass is 10.2. The van der Waals surface area contributed by atoms with Gasteiger partial charge in [-0.25, -0.2) is 4.98 Å². The molecule has 0 aliphatic heterocycles. The Labute approximate surface area is 103 Å². The predicted octanol–water partition coefficient (Wildman–Crippen LogP) is 2.68. The molecule has 0 radical (unpaired) electrons. The molecule has 0 amide bonds. The van der Waals surface area contributed by atoms with Crippen LogP contribution in [0.4, 0.5) is 24.7 Å². The van der Waals surface area contributed by atoms with E-state index in [-0.39, 0.29) is 6.42 Å². The number of pyridine rings is 1. The number of nitrogens with two attached hydrogens (primary N) is 1. The lowest BCUT2D eigenvalue weighted by molar-refractivity contribution is -0.135. The number of nitrogen functional groups attached to an aromatic ring is 1. The number of aromatic nitrogens is 1. The van der Waals surface area contributed by atoms with E-state index in [1.807, 2.05) is 6.07 Å². The number of hydrogen-bond acceptors (Lipinski definition) is 4. The number of unbranched alkanes of at least 4 members (excludes halogenated alkanes) is 1. The van der Waals surface area contributed by atoms with Crippen LogP contribution in [0, 0.1) is 11.3 Å². The van der Waals surface area contributed by atoms with Crippen molar-refractivity contribution < 1.29 is 13.2 Å². The van der Waals surface area contributed by atoms with Crippen LogP contribution in [0.2, 0.25) is 0 Å². The minimum atomic E-state index is -4.11. The number of nitriles is 1. The Kier molecular flexibility index (Phi) is 4.77. The van der Waals surface area contributed by atoms with Crippen molar-refractivity contribution >= 4 is 11.5 Å². The maximum atomic E-state index is 11.9. The molecular formula is C11H13F3N4. The van der Waals surface area contributed by atoms with Gasteiger partial charge in [0.25, 0.3) is 0 Å². The van der Waals surface area contributed by atoms with E-state index in [0.717, 1.165) is 0 Å². The number of hydrogen-bond donors (Lipinski definition) is 2. The molecule has 4 nitrogen and oxygen atoms in total. The summed E-state index contributed by atoms with van der Waals surface area (Å²) in [5.41, 5.74) is 6.28. The number of anilines is 2. The molecule has 0 spiro atoms. The van der Waals surface area contributed by atoms with Crippen LogP contribution in [0.1, 0.15) is 24.8 Å². The molecule has 18 heavy (non-hydrogen) atoms. The summed E-state index contributed by atoms with van der Waals surface area (Å²) >= 11 is 0. The Hall–Kier alpha value is -1.97. The Morgan fingerprint density at radius 3 is 2.67 bits per heavy atom. The van der Waals surface area contributed by atoms with Gasteiger partial charge in [-0.05, 0) is 18.9 Å². The molecule has 0 bridgehead atoms. The summed E-state index contributed by atoms with van der Waals surface area (Å²) in [6.45, 7) is 0.360. The van der Waals surface area contributed by atoms with Crippen LogP contribution in [0.5, 0.6) is 0 Å². The molecule has 7 heteroatoms. The van der Waals surface area contributed by atoms with Crippen molar-refractivity contribution in [2.24, 2.45) is 0 Å². The van der Waals surface area contributed by atoms with Gasteiger partial charge in [-0.15, -0.1) is 0 Å². The van der Waals surface area contributed by atoms with Crippen LogP contribution < -0.4 is 11.1 Å². The van der Waals surface area contributed by atoms with Gasteiger partial charge in [-0.3, -0.25) is 0 Å². The Morgan fingerprint density at radius 2 is 2.11 bits per heavy atom. The first-order valence-electron chi connectivity index (χ1n) is 5.38. The third kappa shape index (κ3) is 4.91. The van der Waals surface area contributed by atoms with Gasteiger partial charge in [0.05, 0.1) is 11.3 Å². The first-order chi connectivity index (χ1) is 8.42. The summed E-state index contributed by atoms with van der Waals surface area (Å²) in [5, 5.41) is 11.4. The predicted molar refractivity (Wildman–Crippen MR) is 61.8 cm³/mol. The number of rotatable bonds is 5. The lowest BCUT2D eigenvalue weighted by Gasteiger charge is -2.09. The van der Waals surface area contributed by atoms with Gasteiger partial charge in [0.1, 0.15) is 11.9 Å². The number of nitrogens with one attached hydrogen (secondary N) is 1. The zero-order valence-corrected chi connectivity index (χ0v) is 9.59. The third-order valence-electron chi connectivity index (χ3n) is 2.23. The van der Waals surface area contributed by atoms with Crippen molar-refractivity contribution in [1.29, 1.82) is 5.26 Å². The highest BCUT2D eigenvalue weighted by Crippen LogP contribution is 2.22. The molecule has 0 aromatic carbocycles. The van der Waals surface area contributed by atoms with Crippen molar-refractivity contribution in [2.45, 2.75) is 25.4 Å². The molecule has 0 unspecified atom stereocenters. The molecule has 0 aliphatic carbocycles. The maximum absolute atomic E-state index is 11.9. The standard InChI is InChI=1S/C11H13F3N4/c12-11(13,14)3-1-2-4-17-10-9(16)5-8(6-15)7-18-10/h5,7H,1-4,16H2,(H,17,18). The average Bonchev–Trinajstić information content (AvgIpc) is 2.29. The fourth-order valence-corrected chi connectivity index (χ4v) is 1.35. The zero-order valence-electron chi connectivity index (χ0n) is 9.59. The number of nitrogens with zero attached hydrogens (tertiary/aromatic N) is 2. The highest BCUT2D eigenvalue weighted by Gasteiger charge is 2.25. The van der Waals surface area contributed by atoms with Gasteiger partial charge in [-0.1, -0.05) is 0 Å². The summed E-state index contributed by atoms with van der Waals surface area (Å²) < 4.78 is 35.6. The summed E-state index contributed by atoms with van der Waals surface area (Å²) in [6.07, 6.45) is -3.10. The first-order valence-corrected chi connectivity index (χ1v) is 5.38. The van der Waals surface area contributed by atoms with Gasteiger partial charge in [-0.2, -0.15) is 18.4 Å².